The lowest BCUT2D eigenvalue weighted by molar-refractivity contribution is 0.475. The first-order valence-corrected chi connectivity index (χ1v) is 6.29. The van der Waals surface area contributed by atoms with E-state index in [1.807, 2.05) is 12.1 Å². The molecule has 3 N–H and O–H groups in total. The number of nitrogen functional groups attached to an aromatic ring is 1. The van der Waals surface area contributed by atoms with Gasteiger partial charge in [-0.25, -0.2) is 0 Å². The molecule has 0 aliphatic heterocycles. The Morgan fingerprint density at radius 3 is 2.30 bits per heavy atom. The van der Waals surface area contributed by atoms with E-state index >= 15 is 0 Å². The van der Waals surface area contributed by atoms with Crippen LogP contribution in [0.15, 0.2) is 48.5 Å². The zero-order valence-corrected chi connectivity index (χ0v) is 11.1. The molecule has 0 atom stereocenters. The zero-order chi connectivity index (χ0) is 14.1. The lowest BCUT2D eigenvalue weighted by Crippen LogP contribution is -2.01. The average Bonchev–Trinajstić information content (AvgIpc) is 2.83. The quantitative estimate of drug-likeness (QED) is 0.759. The van der Waals surface area contributed by atoms with Gasteiger partial charge in [0.1, 0.15) is 11.4 Å². The number of phenols is 1. The average molecular weight is 287 g/mol. The molecule has 20 heavy (non-hydrogen) atoms. The Labute approximate surface area is 120 Å². The van der Waals surface area contributed by atoms with Gasteiger partial charge >= 0.3 is 0 Å². The van der Waals surface area contributed by atoms with Crippen LogP contribution >= 0.6 is 11.6 Å². The highest BCUT2D eigenvalue weighted by Gasteiger charge is 2.12. The van der Waals surface area contributed by atoms with E-state index in [9.17, 15) is 5.11 Å². The summed E-state index contributed by atoms with van der Waals surface area (Å²) < 4.78 is 1.52. The largest absolute Gasteiger partial charge is 0.508 e. The van der Waals surface area contributed by atoms with Crippen molar-refractivity contribution in [3.05, 3.63) is 53.6 Å². The number of benzene rings is 2. The molecule has 0 aliphatic rings. The minimum Gasteiger partial charge on any atom is -0.508 e. The molecule has 6 heteroatoms. The third-order valence-electron chi connectivity index (χ3n) is 2.92. The van der Waals surface area contributed by atoms with E-state index in [4.69, 9.17) is 17.3 Å². The molecule has 1 heterocycles. The number of nitrogens with zero attached hydrogens (tertiary/aromatic N) is 3. The number of aromatic hydroxyl groups is 1. The number of nitrogens with two attached hydrogens (primary N) is 1. The molecule has 0 bridgehead atoms. The molecule has 0 radical (unpaired) electrons. The van der Waals surface area contributed by atoms with Crippen molar-refractivity contribution in [2.24, 2.45) is 0 Å². The van der Waals surface area contributed by atoms with Gasteiger partial charge in [0.15, 0.2) is 5.82 Å². The second kappa shape index (κ2) is 4.86. The highest BCUT2D eigenvalue weighted by atomic mass is 35.5. The Kier molecular flexibility index (Phi) is 3.04. The van der Waals surface area contributed by atoms with Gasteiger partial charge in [-0.15, -0.1) is 5.10 Å². The van der Waals surface area contributed by atoms with Gasteiger partial charge in [-0.05, 0) is 36.4 Å². The van der Waals surface area contributed by atoms with Gasteiger partial charge in [0.25, 0.3) is 0 Å². The van der Waals surface area contributed by atoms with Crippen LogP contribution in [-0.2, 0) is 0 Å². The number of halogens is 1. The standard InChI is InChI=1S/C14H11ClN4O/c15-10-3-1-9(2-4-10)13-14(16)19(18-17-13)11-5-7-12(20)8-6-11/h1-8,20H,16H2. The van der Waals surface area contributed by atoms with Crippen molar-refractivity contribution in [1.29, 1.82) is 0 Å². The fraction of sp³-hybridized carbons (Fsp3) is 0. The molecule has 3 rings (SSSR count). The van der Waals surface area contributed by atoms with Crippen molar-refractivity contribution in [3.8, 4) is 22.7 Å². The molecule has 0 amide bonds. The minimum absolute atomic E-state index is 0.186. The second-order valence-corrected chi connectivity index (χ2v) is 4.69. The van der Waals surface area contributed by atoms with E-state index < -0.39 is 0 Å². The van der Waals surface area contributed by atoms with E-state index in [2.05, 4.69) is 10.3 Å². The van der Waals surface area contributed by atoms with E-state index in [1.54, 1.807) is 36.4 Å². The molecule has 2 aromatic carbocycles. The summed E-state index contributed by atoms with van der Waals surface area (Å²) in [6.45, 7) is 0. The summed E-state index contributed by atoms with van der Waals surface area (Å²) in [6, 6.07) is 13.8. The fourth-order valence-corrected chi connectivity index (χ4v) is 2.01. The second-order valence-electron chi connectivity index (χ2n) is 4.26. The van der Waals surface area contributed by atoms with Crippen LogP contribution in [0.2, 0.25) is 5.02 Å². The lowest BCUT2D eigenvalue weighted by Gasteiger charge is -2.03. The maximum Gasteiger partial charge on any atom is 0.155 e. The summed E-state index contributed by atoms with van der Waals surface area (Å²) in [5.41, 5.74) is 8.25. The van der Waals surface area contributed by atoms with Crippen molar-refractivity contribution in [2.45, 2.75) is 0 Å². The van der Waals surface area contributed by atoms with Crippen molar-refractivity contribution < 1.29 is 5.11 Å². The monoisotopic (exact) mass is 286 g/mol. The maximum absolute atomic E-state index is 9.29. The summed E-state index contributed by atoms with van der Waals surface area (Å²) >= 11 is 5.86. The first-order valence-electron chi connectivity index (χ1n) is 5.91. The predicted octanol–water partition coefficient (Wildman–Crippen LogP) is 2.88. The van der Waals surface area contributed by atoms with Crippen molar-refractivity contribution in [1.82, 2.24) is 15.0 Å². The van der Waals surface area contributed by atoms with Gasteiger partial charge in [0, 0.05) is 10.6 Å². The molecule has 1 aromatic heterocycles. The summed E-state index contributed by atoms with van der Waals surface area (Å²) in [5, 5.41) is 18.1. The topological polar surface area (TPSA) is 77.0 Å². The van der Waals surface area contributed by atoms with Crippen LogP contribution in [0, 0.1) is 0 Å². The number of hydrogen-bond acceptors (Lipinski definition) is 4. The molecular formula is C14H11ClN4O. The smallest absolute Gasteiger partial charge is 0.155 e. The number of aromatic nitrogens is 3. The summed E-state index contributed by atoms with van der Waals surface area (Å²) in [5.74, 6) is 0.614. The van der Waals surface area contributed by atoms with Crippen LogP contribution < -0.4 is 5.73 Å². The highest BCUT2D eigenvalue weighted by Crippen LogP contribution is 2.26. The summed E-state index contributed by atoms with van der Waals surface area (Å²) in [7, 11) is 0. The Morgan fingerprint density at radius 1 is 1.00 bits per heavy atom. The molecule has 100 valence electrons. The Hall–Kier alpha value is -2.53. The van der Waals surface area contributed by atoms with Crippen molar-refractivity contribution in [3.63, 3.8) is 0 Å². The van der Waals surface area contributed by atoms with E-state index in [0.717, 1.165) is 11.3 Å². The fourth-order valence-electron chi connectivity index (χ4n) is 1.89. The third-order valence-corrected chi connectivity index (χ3v) is 3.17. The van der Waals surface area contributed by atoms with Crippen LogP contribution in [-0.4, -0.2) is 20.1 Å². The lowest BCUT2D eigenvalue weighted by atomic mass is 10.1. The molecule has 0 aliphatic carbocycles. The van der Waals surface area contributed by atoms with Crippen LogP contribution in [0.1, 0.15) is 0 Å². The first kappa shape index (κ1) is 12.5. The zero-order valence-electron chi connectivity index (χ0n) is 10.4. The van der Waals surface area contributed by atoms with Gasteiger partial charge in [0.05, 0.1) is 5.69 Å². The number of phenolic OH excluding ortho intramolecular Hbond substituents is 1. The van der Waals surface area contributed by atoms with Crippen LogP contribution in [0.4, 0.5) is 5.82 Å². The first-order chi connectivity index (χ1) is 9.65. The Balaban J connectivity index is 2.04. The van der Waals surface area contributed by atoms with Gasteiger partial charge in [-0.2, -0.15) is 4.68 Å². The predicted molar refractivity (Wildman–Crippen MR) is 77.9 cm³/mol. The van der Waals surface area contributed by atoms with Crippen molar-refractivity contribution >= 4 is 17.4 Å². The normalized spacial score (nSPS) is 10.7. The summed E-state index contributed by atoms with van der Waals surface area (Å²) in [6.07, 6.45) is 0. The third kappa shape index (κ3) is 2.19. The van der Waals surface area contributed by atoms with E-state index in [1.165, 1.54) is 4.68 Å². The molecule has 0 saturated heterocycles. The molecule has 0 spiro atoms. The number of hydrogen-bond donors (Lipinski definition) is 2. The Morgan fingerprint density at radius 2 is 1.65 bits per heavy atom. The van der Waals surface area contributed by atoms with E-state index in [-0.39, 0.29) is 5.75 Å². The summed E-state index contributed by atoms with van der Waals surface area (Å²) in [4.78, 5) is 0. The Bertz CT molecular complexity index is 672. The van der Waals surface area contributed by atoms with Gasteiger partial charge in [0.2, 0.25) is 0 Å². The highest BCUT2D eigenvalue weighted by molar-refractivity contribution is 6.30. The van der Waals surface area contributed by atoms with Gasteiger partial charge in [-0.1, -0.05) is 28.9 Å². The SMILES string of the molecule is Nc1c(-c2ccc(Cl)cc2)nnn1-c1ccc(O)cc1. The minimum atomic E-state index is 0.186. The molecule has 0 saturated carbocycles. The van der Waals surface area contributed by atoms with Crippen LogP contribution in [0.3, 0.4) is 0 Å². The van der Waals surface area contributed by atoms with Gasteiger partial charge < -0.3 is 10.8 Å². The van der Waals surface area contributed by atoms with Crippen LogP contribution in [0.25, 0.3) is 16.9 Å². The molecule has 3 aromatic rings. The number of anilines is 1. The van der Waals surface area contributed by atoms with Gasteiger partial charge in [-0.3, -0.25) is 0 Å². The number of rotatable bonds is 2. The maximum atomic E-state index is 9.29. The molecule has 5 nitrogen and oxygen atoms in total. The molecule has 0 unspecified atom stereocenters. The molecule has 0 fully saturated rings. The molecular weight excluding hydrogens is 276 g/mol. The van der Waals surface area contributed by atoms with Crippen molar-refractivity contribution in [2.75, 3.05) is 5.73 Å². The van der Waals surface area contributed by atoms with E-state index in [0.29, 0.717) is 16.5 Å². The van der Waals surface area contributed by atoms with Crippen LogP contribution in [0.5, 0.6) is 5.75 Å².